The second kappa shape index (κ2) is 5.74. The highest BCUT2D eigenvalue weighted by molar-refractivity contribution is 5.41. The number of piperidine rings is 1. The number of likely N-dealkylation sites (tertiary alicyclic amines) is 1. The summed E-state index contributed by atoms with van der Waals surface area (Å²) in [5.74, 6) is 1.84. The van der Waals surface area contributed by atoms with Crippen LogP contribution in [0.4, 0.5) is 0 Å². The SMILES string of the molecule is CC1CCC(C)N(C(CN)c2ccc3c(c2)CCO3)C1. The predicted molar refractivity (Wildman–Crippen MR) is 82.0 cm³/mol. The maximum Gasteiger partial charge on any atom is 0.122 e. The van der Waals surface area contributed by atoms with Crippen LogP contribution in [0.1, 0.15) is 43.9 Å². The second-order valence-corrected chi connectivity index (χ2v) is 6.45. The van der Waals surface area contributed by atoms with Crippen molar-refractivity contribution >= 4 is 0 Å². The molecule has 0 aliphatic carbocycles. The van der Waals surface area contributed by atoms with Crippen molar-refractivity contribution in [1.29, 1.82) is 0 Å². The maximum atomic E-state index is 6.12. The van der Waals surface area contributed by atoms with E-state index in [-0.39, 0.29) is 0 Å². The van der Waals surface area contributed by atoms with Crippen LogP contribution in [-0.4, -0.2) is 30.6 Å². The minimum atomic E-state index is 0.346. The van der Waals surface area contributed by atoms with E-state index in [1.165, 1.54) is 24.0 Å². The van der Waals surface area contributed by atoms with Crippen LogP contribution in [0.15, 0.2) is 18.2 Å². The molecule has 1 aromatic rings. The Morgan fingerprint density at radius 2 is 2.20 bits per heavy atom. The summed E-state index contributed by atoms with van der Waals surface area (Å²) in [4.78, 5) is 2.60. The summed E-state index contributed by atoms with van der Waals surface area (Å²) in [7, 11) is 0. The first-order valence-corrected chi connectivity index (χ1v) is 7.90. The molecule has 2 N–H and O–H groups in total. The molecule has 1 aromatic carbocycles. The molecular weight excluding hydrogens is 248 g/mol. The summed E-state index contributed by atoms with van der Waals surface area (Å²) in [5.41, 5.74) is 8.82. The fourth-order valence-corrected chi connectivity index (χ4v) is 3.63. The molecule has 3 rings (SSSR count). The van der Waals surface area contributed by atoms with Gasteiger partial charge in [0.2, 0.25) is 0 Å². The van der Waals surface area contributed by atoms with E-state index in [1.54, 1.807) is 0 Å². The molecule has 110 valence electrons. The van der Waals surface area contributed by atoms with Gasteiger partial charge in [0.15, 0.2) is 0 Å². The van der Waals surface area contributed by atoms with Gasteiger partial charge in [0.25, 0.3) is 0 Å². The largest absolute Gasteiger partial charge is 0.493 e. The second-order valence-electron chi connectivity index (χ2n) is 6.45. The molecule has 3 heteroatoms. The highest BCUT2D eigenvalue weighted by Gasteiger charge is 2.29. The predicted octanol–water partition coefficient (Wildman–Crippen LogP) is 2.74. The highest BCUT2D eigenvalue weighted by Crippen LogP contribution is 2.33. The van der Waals surface area contributed by atoms with Crippen molar-refractivity contribution < 1.29 is 4.74 Å². The Morgan fingerprint density at radius 1 is 1.35 bits per heavy atom. The third-order valence-corrected chi connectivity index (χ3v) is 4.89. The van der Waals surface area contributed by atoms with Crippen LogP contribution in [0.5, 0.6) is 5.75 Å². The van der Waals surface area contributed by atoms with Crippen LogP contribution >= 0.6 is 0 Å². The topological polar surface area (TPSA) is 38.5 Å². The standard InChI is InChI=1S/C17H26N2O/c1-12-3-4-13(2)19(11-12)16(10-18)14-5-6-17-15(9-14)7-8-20-17/h5-6,9,12-13,16H,3-4,7-8,10-11,18H2,1-2H3. The smallest absolute Gasteiger partial charge is 0.122 e. The number of nitrogens with zero attached hydrogens (tertiary/aromatic N) is 1. The zero-order valence-corrected chi connectivity index (χ0v) is 12.6. The van der Waals surface area contributed by atoms with Crippen molar-refractivity contribution in [2.45, 2.75) is 45.2 Å². The summed E-state index contributed by atoms with van der Waals surface area (Å²) >= 11 is 0. The highest BCUT2D eigenvalue weighted by atomic mass is 16.5. The van der Waals surface area contributed by atoms with Gasteiger partial charge < -0.3 is 10.5 Å². The summed E-state index contributed by atoms with van der Waals surface area (Å²) in [6.07, 6.45) is 3.66. The van der Waals surface area contributed by atoms with Crippen molar-refractivity contribution in [1.82, 2.24) is 4.90 Å². The van der Waals surface area contributed by atoms with E-state index in [4.69, 9.17) is 10.5 Å². The number of rotatable bonds is 3. The minimum Gasteiger partial charge on any atom is -0.493 e. The molecule has 2 heterocycles. The van der Waals surface area contributed by atoms with Gasteiger partial charge in [-0.05, 0) is 42.9 Å². The van der Waals surface area contributed by atoms with E-state index >= 15 is 0 Å². The quantitative estimate of drug-likeness (QED) is 0.921. The van der Waals surface area contributed by atoms with Crippen LogP contribution in [-0.2, 0) is 6.42 Å². The van der Waals surface area contributed by atoms with Gasteiger partial charge in [-0.15, -0.1) is 0 Å². The first kappa shape index (κ1) is 13.9. The molecule has 1 fully saturated rings. The van der Waals surface area contributed by atoms with E-state index in [2.05, 4.69) is 36.9 Å². The van der Waals surface area contributed by atoms with Crippen molar-refractivity contribution in [3.05, 3.63) is 29.3 Å². The molecule has 0 bridgehead atoms. The Balaban J connectivity index is 1.85. The van der Waals surface area contributed by atoms with Crippen molar-refractivity contribution in [2.24, 2.45) is 11.7 Å². The molecule has 3 nitrogen and oxygen atoms in total. The normalized spacial score (nSPS) is 27.9. The Bertz CT molecular complexity index is 474. The molecule has 1 saturated heterocycles. The van der Waals surface area contributed by atoms with E-state index in [0.29, 0.717) is 18.6 Å². The molecule has 0 amide bonds. The zero-order valence-electron chi connectivity index (χ0n) is 12.6. The van der Waals surface area contributed by atoms with E-state index in [1.807, 2.05) is 0 Å². The molecule has 20 heavy (non-hydrogen) atoms. The van der Waals surface area contributed by atoms with Crippen molar-refractivity contribution in [3.63, 3.8) is 0 Å². The van der Waals surface area contributed by atoms with Crippen LogP contribution < -0.4 is 10.5 Å². The number of benzene rings is 1. The molecule has 2 aliphatic heterocycles. The summed E-state index contributed by atoms with van der Waals surface area (Å²) in [5, 5.41) is 0. The Morgan fingerprint density at radius 3 is 3.00 bits per heavy atom. The molecular formula is C17H26N2O. The fraction of sp³-hybridized carbons (Fsp3) is 0.647. The van der Waals surface area contributed by atoms with Crippen LogP contribution in [0, 0.1) is 5.92 Å². The first-order valence-electron chi connectivity index (χ1n) is 7.90. The lowest BCUT2D eigenvalue weighted by atomic mass is 9.91. The molecule has 0 aromatic heterocycles. The maximum absolute atomic E-state index is 6.12. The van der Waals surface area contributed by atoms with Crippen LogP contribution in [0.3, 0.4) is 0 Å². The third-order valence-electron chi connectivity index (χ3n) is 4.89. The monoisotopic (exact) mass is 274 g/mol. The average molecular weight is 274 g/mol. The van der Waals surface area contributed by atoms with Gasteiger partial charge in [0, 0.05) is 31.6 Å². The van der Waals surface area contributed by atoms with Gasteiger partial charge in [-0.3, -0.25) is 4.90 Å². The van der Waals surface area contributed by atoms with Gasteiger partial charge in [0.05, 0.1) is 6.61 Å². The van der Waals surface area contributed by atoms with Gasteiger partial charge in [-0.1, -0.05) is 19.1 Å². The number of ether oxygens (including phenoxy) is 1. The molecule has 0 saturated carbocycles. The van der Waals surface area contributed by atoms with Gasteiger partial charge in [0.1, 0.15) is 5.75 Å². The van der Waals surface area contributed by atoms with Crippen LogP contribution in [0.25, 0.3) is 0 Å². The van der Waals surface area contributed by atoms with E-state index < -0.39 is 0 Å². The van der Waals surface area contributed by atoms with Gasteiger partial charge >= 0.3 is 0 Å². The van der Waals surface area contributed by atoms with E-state index in [0.717, 1.165) is 31.2 Å². The first-order chi connectivity index (χ1) is 9.69. The number of hydrogen-bond donors (Lipinski definition) is 1. The van der Waals surface area contributed by atoms with Crippen molar-refractivity contribution in [2.75, 3.05) is 19.7 Å². The van der Waals surface area contributed by atoms with Gasteiger partial charge in [-0.25, -0.2) is 0 Å². The van der Waals surface area contributed by atoms with Gasteiger partial charge in [-0.2, -0.15) is 0 Å². The fourth-order valence-electron chi connectivity index (χ4n) is 3.63. The lowest BCUT2D eigenvalue weighted by molar-refractivity contribution is 0.0798. The van der Waals surface area contributed by atoms with Crippen molar-refractivity contribution in [3.8, 4) is 5.75 Å². The average Bonchev–Trinajstić information content (AvgIpc) is 2.91. The Labute approximate surface area is 122 Å². The molecule has 3 atom stereocenters. The zero-order chi connectivity index (χ0) is 14.1. The van der Waals surface area contributed by atoms with E-state index in [9.17, 15) is 0 Å². The summed E-state index contributed by atoms with van der Waals surface area (Å²) < 4.78 is 5.61. The lowest BCUT2D eigenvalue weighted by Crippen LogP contribution is -2.45. The molecule has 0 spiro atoms. The number of fused-ring (bicyclic) bond motifs is 1. The molecule has 2 aliphatic rings. The lowest BCUT2D eigenvalue weighted by Gasteiger charge is -2.42. The molecule has 0 radical (unpaired) electrons. The minimum absolute atomic E-state index is 0.346. The number of hydrogen-bond acceptors (Lipinski definition) is 3. The number of nitrogens with two attached hydrogens (primary N) is 1. The summed E-state index contributed by atoms with van der Waals surface area (Å²) in [6, 6.07) is 7.61. The third kappa shape index (κ3) is 2.57. The molecule has 3 unspecified atom stereocenters. The van der Waals surface area contributed by atoms with Crippen LogP contribution in [0.2, 0.25) is 0 Å². The Hall–Kier alpha value is -1.06. The summed E-state index contributed by atoms with van der Waals surface area (Å²) in [6.45, 7) is 7.37. The Kier molecular flexibility index (Phi) is 3.99.